The van der Waals surface area contributed by atoms with E-state index in [2.05, 4.69) is 55.4 Å². The standard InChI is InChI=1S/C18H25N3/c1-11-6-12(2)17(13(3)7-11)10-18(21-19)16-8-14(4)20-15(5)9-16/h6-9,18,21H,10,19H2,1-5H3. The average Bonchev–Trinajstić information content (AvgIpc) is 2.36. The van der Waals surface area contributed by atoms with Crippen LogP contribution in [0.15, 0.2) is 24.3 Å². The molecule has 3 nitrogen and oxygen atoms in total. The summed E-state index contributed by atoms with van der Waals surface area (Å²) in [5.41, 5.74) is 11.6. The summed E-state index contributed by atoms with van der Waals surface area (Å²) >= 11 is 0. The van der Waals surface area contributed by atoms with Gasteiger partial charge in [-0.3, -0.25) is 16.3 Å². The van der Waals surface area contributed by atoms with Crippen molar-refractivity contribution in [3.05, 3.63) is 63.5 Å². The molecule has 0 aliphatic rings. The summed E-state index contributed by atoms with van der Waals surface area (Å²) < 4.78 is 0. The molecule has 1 unspecified atom stereocenters. The van der Waals surface area contributed by atoms with Gasteiger partial charge in [-0.2, -0.15) is 0 Å². The molecule has 1 aromatic carbocycles. The van der Waals surface area contributed by atoms with Crippen LogP contribution < -0.4 is 11.3 Å². The molecule has 3 N–H and O–H groups in total. The molecule has 0 saturated carbocycles. The van der Waals surface area contributed by atoms with E-state index in [4.69, 9.17) is 5.84 Å². The van der Waals surface area contributed by atoms with Gasteiger partial charge in [0.2, 0.25) is 0 Å². The second kappa shape index (κ2) is 6.37. The smallest absolute Gasteiger partial charge is 0.0501 e. The van der Waals surface area contributed by atoms with Crippen molar-refractivity contribution >= 4 is 0 Å². The molecule has 21 heavy (non-hydrogen) atoms. The van der Waals surface area contributed by atoms with Crippen LogP contribution in [0.1, 0.15) is 45.2 Å². The van der Waals surface area contributed by atoms with Crippen LogP contribution in [-0.2, 0) is 6.42 Å². The normalized spacial score (nSPS) is 12.5. The van der Waals surface area contributed by atoms with E-state index in [-0.39, 0.29) is 6.04 Å². The lowest BCUT2D eigenvalue weighted by molar-refractivity contribution is 0.548. The first-order chi connectivity index (χ1) is 9.90. The van der Waals surface area contributed by atoms with Crippen LogP contribution in [0, 0.1) is 34.6 Å². The lowest BCUT2D eigenvalue weighted by Crippen LogP contribution is -2.30. The minimum atomic E-state index is 0.102. The first-order valence-electron chi connectivity index (χ1n) is 7.38. The Bertz CT molecular complexity index is 604. The van der Waals surface area contributed by atoms with E-state index in [1.807, 2.05) is 13.8 Å². The number of hydrogen-bond donors (Lipinski definition) is 2. The summed E-state index contributed by atoms with van der Waals surface area (Å²) in [6, 6.07) is 8.79. The average molecular weight is 283 g/mol. The molecule has 0 aliphatic carbocycles. The molecule has 0 aliphatic heterocycles. The molecule has 1 aromatic heterocycles. The van der Waals surface area contributed by atoms with Gasteiger partial charge in [0.25, 0.3) is 0 Å². The minimum Gasteiger partial charge on any atom is -0.271 e. The fraction of sp³-hybridized carbons (Fsp3) is 0.389. The third-order valence-electron chi connectivity index (χ3n) is 3.96. The quantitative estimate of drug-likeness (QED) is 0.668. The van der Waals surface area contributed by atoms with Gasteiger partial charge >= 0.3 is 0 Å². The zero-order valence-corrected chi connectivity index (χ0v) is 13.6. The maximum atomic E-state index is 5.81. The lowest BCUT2D eigenvalue weighted by Gasteiger charge is -2.20. The Hall–Kier alpha value is -1.71. The van der Waals surface area contributed by atoms with E-state index in [9.17, 15) is 0 Å². The van der Waals surface area contributed by atoms with Gasteiger partial charge in [-0.05, 0) is 75.4 Å². The second-order valence-corrected chi connectivity index (χ2v) is 5.98. The van der Waals surface area contributed by atoms with E-state index < -0.39 is 0 Å². The van der Waals surface area contributed by atoms with Crippen molar-refractivity contribution in [2.75, 3.05) is 0 Å². The van der Waals surface area contributed by atoms with E-state index >= 15 is 0 Å². The van der Waals surface area contributed by atoms with Crippen molar-refractivity contribution in [2.24, 2.45) is 5.84 Å². The van der Waals surface area contributed by atoms with Crippen molar-refractivity contribution in [1.82, 2.24) is 10.4 Å². The number of nitrogens with one attached hydrogen (secondary N) is 1. The fourth-order valence-corrected chi connectivity index (χ4v) is 3.08. The zero-order valence-electron chi connectivity index (χ0n) is 13.6. The highest BCUT2D eigenvalue weighted by Gasteiger charge is 2.15. The highest BCUT2D eigenvalue weighted by molar-refractivity contribution is 5.39. The van der Waals surface area contributed by atoms with E-state index in [0.717, 1.165) is 17.8 Å². The number of rotatable bonds is 4. The van der Waals surface area contributed by atoms with Gasteiger partial charge in [0.05, 0.1) is 6.04 Å². The number of pyridine rings is 1. The predicted octanol–water partition coefficient (Wildman–Crippen LogP) is 3.37. The van der Waals surface area contributed by atoms with Crippen molar-refractivity contribution in [2.45, 2.75) is 47.1 Å². The summed E-state index contributed by atoms with van der Waals surface area (Å²) in [5, 5.41) is 0. The van der Waals surface area contributed by atoms with Crippen LogP contribution in [0.4, 0.5) is 0 Å². The number of hydrogen-bond acceptors (Lipinski definition) is 3. The van der Waals surface area contributed by atoms with Crippen molar-refractivity contribution in [1.29, 1.82) is 0 Å². The van der Waals surface area contributed by atoms with Crippen LogP contribution in [0.25, 0.3) is 0 Å². The van der Waals surface area contributed by atoms with Crippen LogP contribution in [0.2, 0.25) is 0 Å². The molecular weight excluding hydrogens is 258 g/mol. The summed E-state index contributed by atoms with van der Waals surface area (Å²) in [6.45, 7) is 10.5. The summed E-state index contributed by atoms with van der Waals surface area (Å²) in [5.74, 6) is 5.81. The van der Waals surface area contributed by atoms with E-state index in [1.54, 1.807) is 0 Å². The molecule has 1 heterocycles. The van der Waals surface area contributed by atoms with Gasteiger partial charge in [0.15, 0.2) is 0 Å². The van der Waals surface area contributed by atoms with Gasteiger partial charge in [-0.1, -0.05) is 17.7 Å². The molecule has 0 saturated heterocycles. The van der Waals surface area contributed by atoms with Gasteiger partial charge in [0, 0.05) is 11.4 Å². The number of nitrogens with two attached hydrogens (primary N) is 1. The molecular formula is C18H25N3. The second-order valence-electron chi connectivity index (χ2n) is 5.98. The van der Waals surface area contributed by atoms with E-state index in [1.165, 1.54) is 27.8 Å². The van der Waals surface area contributed by atoms with Crippen molar-refractivity contribution in [3.63, 3.8) is 0 Å². The largest absolute Gasteiger partial charge is 0.271 e. The SMILES string of the molecule is Cc1cc(C)c(CC(NN)c2cc(C)nc(C)c2)c(C)c1. The van der Waals surface area contributed by atoms with Gasteiger partial charge in [-0.25, -0.2) is 0 Å². The van der Waals surface area contributed by atoms with Crippen LogP contribution in [0.5, 0.6) is 0 Å². The third-order valence-corrected chi connectivity index (χ3v) is 3.96. The highest BCUT2D eigenvalue weighted by atomic mass is 15.2. The number of aromatic nitrogens is 1. The highest BCUT2D eigenvalue weighted by Crippen LogP contribution is 2.24. The molecule has 0 fully saturated rings. The van der Waals surface area contributed by atoms with Crippen LogP contribution in [0.3, 0.4) is 0 Å². The first-order valence-corrected chi connectivity index (χ1v) is 7.38. The van der Waals surface area contributed by atoms with Gasteiger partial charge < -0.3 is 0 Å². The Balaban J connectivity index is 2.35. The Morgan fingerprint density at radius 2 is 1.48 bits per heavy atom. The van der Waals surface area contributed by atoms with Gasteiger partial charge in [-0.15, -0.1) is 0 Å². The maximum Gasteiger partial charge on any atom is 0.0501 e. The van der Waals surface area contributed by atoms with Crippen LogP contribution >= 0.6 is 0 Å². The molecule has 0 amide bonds. The summed E-state index contributed by atoms with van der Waals surface area (Å²) in [6.07, 6.45) is 0.886. The van der Waals surface area contributed by atoms with Crippen LogP contribution in [-0.4, -0.2) is 4.98 Å². The summed E-state index contributed by atoms with van der Waals surface area (Å²) in [4.78, 5) is 4.44. The fourth-order valence-electron chi connectivity index (χ4n) is 3.08. The van der Waals surface area contributed by atoms with E-state index in [0.29, 0.717) is 0 Å². The Labute approximate surface area is 127 Å². The monoisotopic (exact) mass is 283 g/mol. The molecule has 1 atom stereocenters. The Kier molecular flexibility index (Phi) is 4.76. The van der Waals surface area contributed by atoms with Gasteiger partial charge in [0.1, 0.15) is 0 Å². The zero-order chi connectivity index (χ0) is 15.6. The first kappa shape index (κ1) is 15.7. The minimum absolute atomic E-state index is 0.102. The Morgan fingerprint density at radius 3 is 1.95 bits per heavy atom. The molecule has 3 heteroatoms. The molecule has 112 valence electrons. The number of hydrazine groups is 1. The lowest BCUT2D eigenvalue weighted by atomic mass is 9.92. The topological polar surface area (TPSA) is 50.9 Å². The predicted molar refractivity (Wildman–Crippen MR) is 88.1 cm³/mol. The molecule has 0 bridgehead atoms. The molecule has 0 radical (unpaired) electrons. The van der Waals surface area contributed by atoms with Crippen molar-refractivity contribution in [3.8, 4) is 0 Å². The summed E-state index contributed by atoms with van der Waals surface area (Å²) in [7, 11) is 0. The third kappa shape index (κ3) is 3.69. The number of nitrogens with zero attached hydrogens (tertiary/aromatic N) is 1. The van der Waals surface area contributed by atoms with Crippen molar-refractivity contribution < 1.29 is 0 Å². The number of aryl methyl sites for hydroxylation is 5. The molecule has 0 spiro atoms. The Morgan fingerprint density at radius 1 is 0.952 bits per heavy atom. The molecule has 2 rings (SSSR count). The number of benzene rings is 1. The maximum absolute atomic E-state index is 5.81. The molecule has 2 aromatic rings.